The number of hydrogen-bond donors (Lipinski definition) is 3. The van der Waals surface area contributed by atoms with Crippen LogP contribution in [0, 0.1) is 17.8 Å². The quantitative estimate of drug-likeness (QED) is 0.555. The summed E-state index contributed by atoms with van der Waals surface area (Å²) in [7, 11) is 0. The predicted molar refractivity (Wildman–Crippen MR) is 143 cm³/mol. The average Bonchev–Trinajstić information content (AvgIpc) is 2.85. The van der Waals surface area contributed by atoms with Gasteiger partial charge < -0.3 is 26.0 Å². The van der Waals surface area contributed by atoms with E-state index in [1.54, 1.807) is 18.2 Å². The SMILES string of the molecule is CC1CN(c2ccc(C(N)=O)cc2Cl)CCN1c1cccc(C(=O)NC2C3CC4CC2CC(O)(C4)C3)n1. The molecule has 4 aliphatic carbocycles. The molecule has 2 heterocycles. The van der Waals surface area contributed by atoms with Gasteiger partial charge in [-0.2, -0.15) is 0 Å². The second-order valence-electron chi connectivity index (χ2n) is 11.6. The molecule has 5 fully saturated rings. The fraction of sp³-hybridized carbons (Fsp3) is 0.536. The molecular formula is C28H34ClN5O3. The summed E-state index contributed by atoms with van der Waals surface area (Å²) in [5.41, 5.74) is 6.56. The Kier molecular flexibility index (Phi) is 6.07. The Morgan fingerprint density at radius 2 is 1.89 bits per heavy atom. The molecule has 3 atom stereocenters. The molecule has 1 aromatic carbocycles. The molecule has 5 aliphatic rings. The Hall–Kier alpha value is -2.84. The number of anilines is 2. The molecule has 1 aromatic heterocycles. The topological polar surface area (TPSA) is 112 Å². The van der Waals surface area contributed by atoms with Crippen LogP contribution in [0.15, 0.2) is 36.4 Å². The highest BCUT2D eigenvalue weighted by Crippen LogP contribution is 2.55. The molecule has 7 rings (SSSR count). The number of primary amides is 1. The number of rotatable bonds is 5. The van der Waals surface area contributed by atoms with Crippen LogP contribution in [0.3, 0.4) is 0 Å². The number of nitrogens with zero attached hydrogens (tertiary/aromatic N) is 3. The Balaban J connectivity index is 1.13. The lowest BCUT2D eigenvalue weighted by Gasteiger charge is -2.58. The van der Waals surface area contributed by atoms with Crippen LogP contribution in [0.25, 0.3) is 0 Å². The van der Waals surface area contributed by atoms with Crippen molar-refractivity contribution in [1.82, 2.24) is 10.3 Å². The molecule has 1 saturated heterocycles. The molecule has 8 nitrogen and oxygen atoms in total. The maximum atomic E-state index is 13.3. The lowest BCUT2D eigenvalue weighted by Crippen LogP contribution is -2.61. The van der Waals surface area contributed by atoms with E-state index in [0.717, 1.165) is 63.2 Å². The first-order valence-electron chi connectivity index (χ1n) is 13.3. The van der Waals surface area contributed by atoms with Gasteiger partial charge in [-0.25, -0.2) is 4.98 Å². The van der Waals surface area contributed by atoms with Gasteiger partial charge in [-0.3, -0.25) is 9.59 Å². The highest BCUT2D eigenvalue weighted by molar-refractivity contribution is 6.33. The molecule has 9 heteroatoms. The average molecular weight is 524 g/mol. The van der Waals surface area contributed by atoms with E-state index in [9.17, 15) is 14.7 Å². The van der Waals surface area contributed by atoms with E-state index >= 15 is 0 Å². The van der Waals surface area contributed by atoms with Crippen LogP contribution in [0.4, 0.5) is 11.5 Å². The maximum Gasteiger partial charge on any atom is 0.270 e. The minimum Gasteiger partial charge on any atom is -0.390 e. The molecule has 0 spiro atoms. The molecule has 4 saturated carbocycles. The van der Waals surface area contributed by atoms with E-state index in [1.807, 2.05) is 18.2 Å². The summed E-state index contributed by atoms with van der Waals surface area (Å²) < 4.78 is 0. The summed E-state index contributed by atoms with van der Waals surface area (Å²) in [5.74, 6) is 1.49. The number of halogens is 1. The number of benzene rings is 1. The van der Waals surface area contributed by atoms with E-state index in [1.165, 1.54) is 0 Å². The number of aromatic nitrogens is 1. The molecule has 2 aromatic rings. The smallest absolute Gasteiger partial charge is 0.270 e. The second kappa shape index (κ2) is 9.17. The predicted octanol–water partition coefficient (Wildman–Crippen LogP) is 3.22. The van der Waals surface area contributed by atoms with Crippen molar-refractivity contribution >= 4 is 34.9 Å². The number of nitrogens with one attached hydrogen (secondary N) is 1. The Morgan fingerprint density at radius 1 is 1.14 bits per heavy atom. The van der Waals surface area contributed by atoms with Crippen LogP contribution in [-0.2, 0) is 0 Å². The van der Waals surface area contributed by atoms with Crippen LogP contribution in [0.2, 0.25) is 5.02 Å². The van der Waals surface area contributed by atoms with Crippen LogP contribution in [0.5, 0.6) is 0 Å². The number of piperazine rings is 1. The molecule has 4 N–H and O–H groups in total. The van der Waals surface area contributed by atoms with Gasteiger partial charge in [0.15, 0.2) is 0 Å². The van der Waals surface area contributed by atoms with Gasteiger partial charge in [0.1, 0.15) is 11.5 Å². The number of amides is 2. The van der Waals surface area contributed by atoms with Crippen molar-refractivity contribution in [2.24, 2.45) is 23.5 Å². The normalized spacial score (nSPS) is 32.5. The van der Waals surface area contributed by atoms with Crippen molar-refractivity contribution in [1.29, 1.82) is 0 Å². The van der Waals surface area contributed by atoms with Gasteiger partial charge in [0, 0.05) is 37.3 Å². The van der Waals surface area contributed by atoms with Crippen LogP contribution in [-0.4, -0.2) is 59.2 Å². The fourth-order valence-electron chi connectivity index (χ4n) is 7.59. The van der Waals surface area contributed by atoms with Gasteiger partial charge in [0.05, 0.1) is 16.3 Å². The van der Waals surface area contributed by atoms with Crippen molar-refractivity contribution < 1.29 is 14.7 Å². The number of carbonyl (C=O) groups excluding carboxylic acids is 2. The standard InChI is InChI=1S/C28H34ClN5O3/c1-16-15-33(23-6-5-18(26(30)35)11-21(23)29)7-8-34(16)24-4-2-3-22(31-24)27(36)32-25-19-9-17-10-20(25)14-28(37,12-17)13-19/h2-6,11,16-17,19-20,25,37H,7-10,12-15H2,1H3,(H2,30,35)(H,32,36). The van der Waals surface area contributed by atoms with E-state index in [2.05, 4.69) is 22.0 Å². The number of aliphatic hydroxyl groups is 1. The number of carbonyl (C=O) groups is 2. The highest BCUT2D eigenvalue weighted by Gasteiger charge is 2.55. The third-order valence-electron chi connectivity index (χ3n) is 9.00. The summed E-state index contributed by atoms with van der Waals surface area (Å²) in [6.07, 6.45) is 4.74. The maximum absolute atomic E-state index is 13.3. The Bertz CT molecular complexity index is 1220. The summed E-state index contributed by atoms with van der Waals surface area (Å²) in [5, 5.41) is 14.7. The number of nitrogens with two attached hydrogens (primary N) is 1. The zero-order valence-electron chi connectivity index (χ0n) is 21.1. The van der Waals surface area contributed by atoms with Crippen molar-refractivity contribution in [2.75, 3.05) is 29.4 Å². The third-order valence-corrected chi connectivity index (χ3v) is 9.30. The fourth-order valence-corrected chi connectivity index (χ4v) is 7.89. The van der Waals surface area contributed by atoms with Crippen LogP contribution < -0.4 is 20.9 Å². The number of hydrogen-bond acceptors (Lipinski definition) is 6. The van der Waals surface area contributed by atoms with E-state index in [-0.39, 0.29) is 18.0 Å². The number of pyridine rings is 1. The summed E-state index contributed by atoms with van der Waals surface area (Å²) >= 11 is 6.46. The van der Waals surface area contributed by atoms with E-state index < -0.39 is 11.5 Å². The van der Waals surface area contributed by atoms with E-state index in [4.69, 9.17) is 22.3 Å². The first-order chi connectivity index (χ1) is 17.7. The zero-order chi connectivity index (χ0) is 25.9. The summed E-state index contributed by atoms with van der Waals surface area (Å²) in [6.45, 7) is 4.31. The van der Waals surface area contributed by atoms with E-state index in [0.29, 0.717) is 34.0 Å². The molecular weight excluding hydrogens is 490 g/mol. The first kappa shape index (κ1) is 24.5. The first-order valence-corrected chi connectivity index (χ1v) is 13.7. The summed E-state index contributed by atoms with van der Waals surface area (Å²) in [4.78, 5) is 33.9. The van der Waals surface area contributed by atoms with Gasteiger partial charge in [0.25, 0.3) is 5.91 Å². The Labute approximate surface area is 222 Å². The zero-order valence-corrected chi connectivity index (χ0v) is 21.8. The minimum atomic E-state index is -0.512. The monoisotopic (exact) mass is 523 g/mol. The van der Waals surface area contributed by atoms with Crippen molar-refractivity contribution in [3.63, 3.8) is 0 Å². The molecule has 37 heavy (non-hydrogen) atoms. The molecule has 4 bridgehead atoms. The van der Waals surface area contributed by atoms with Crippen LogP contribution >= 0.6 is 11.6 Å². The molecule has 1 aliphatic heterocycles. The summed E-state index contributed by atoms with van der Waals surface area (Å²) in [6, 6.07) is 11.1. The van der Waals surface area contributed by atoms with Gasteiger partial charge >= 0.3 is 0 Å². The van der Waals surface area contributed by atoms with Crippen molar-refractivity contribution in [2.45, 2.75) is 56.7 Å². The van der Waals surface area contributed by atoms with Gasteiger partial charge in [0.2, 0.25) is 5.91 Å². The highest BCUT2D eigenvalue weighted by atomic mass is 35.5. The van der Waals surface area contributed by atoms with Crippen molar-refractivity contribution in [3.05, 3.63) is 52.7 Å². The largest absolute Gasteiger partial charge is 0.390 e. The lowest BCUT2D eigenvalue weighted by atomic mass is 9.52. The molecule has 3 unspecified atom stereocenters. The molecule has 196 valence electrons. The molecule has 0 radical (unpaired) electrons. The Morgan fingerprint density at radius 3 is 2.54 bits per heavy atom. The van der Waals surface area contributed by atoms with Gasteiger partial charge in [-0.05, 0) is 87.1 Å². The van der Waals surface area contributed by atoms with Gasteiger partial charge in [-0.1, -0.05) is 17.7 Å². The second-order valence-corrected chi connectivity index (χ2v) is 12.0. The lowest BCUT2D eigenvalue weighted by molar-refractivity contribution is -0.136. The third kappa shape index (κ3) is 4.55. The van der Waals surface area contributed by atoms with Gasteiger partial charge in [-0.15, -0.1) is 0 Å². The minimum absolute atomic E-state index is 0.126. The molecule has 2 amide bonds. The van der Waals surface area contributed by atoms with Crippen molar-refractivity contribution in [3.8, 4) is 0 Å². The van der Waals surface area contributed by atoms with Crippen LogP contribution in [0.1, 0.15) is 59.9 Å².